The summed E-state index contributed by atoms with van der Waals surface area (Å²) in [6, 6.07) is 28.6. The van der Waals surface area contributed by atoms with Crippen molar-refractivity contribution in [2.75, 3.05) is 23.7 Å². The molecule has 0 spiro atoms. The molecule has 5 aromatic rings. The van der Waals surface area contributed by atoms with E-state index in [0.717, 1.165) is 53.6 Å². The number of benzene rings is 5. The molecule has 5 aromatic carbocycles. The first-order valence-electron chi connectivity index (χ1n) is 27.5. The van der Waals surface area contributed by atoms with Gasteiger partial charge in [-0.2, -0.15) is 13.2 Å². The molecule has 80 heavy (non-hydrogen) atoms. The van der Waals surface area contributed by atoms with E-state index in [1.54, 1.807) is 24.3 Å². The minimum atomic E-state index is -4.79. The van der Waals surface area contributed by atoms with E-state index >= 15 is 0 Å². The molecular weight excluding hydrogens is 1100 g/mol. The summed E-state index contributed by atoms with van der Waals surface area (Å²) < 4.78 is 54.2. The van der Waals surface area contributed by atoms with Crippen LogP contribution >= 0.6 is 15.9 Å². The predicted octanol–water partition coefficient (Wildman–Crippen LogP) is 13.9. The van der Waals surface area contributed by atoms with E-state index in [0.29, 0.717) is 46.3 Å². The van der Waals surface area contributed by atoms with Gasteiger partial charge in [-0.25, -0.2) is 14.0 Å². The Morgan fingerprint density at radius 3 is 1.59 bits per heavy atom. The van der Waals surface area contributed by atoms with Gasteiger partial charge in [-0.3, -0.25) is 19.2 Å². The normalized spacial score (nSPS) is 17.5. The van der Waals surface area contributed by atoms with Crippen molar-refractivity contribution in [1.29, 1.82) is 0 Å². The number of alkyl halides is 3. The van der Waals surface area contributed by atoms with E-state index in [1.807, 2.05) is 60.7 Å². The average Bonchev–Trinajstić information content (AvgIpc) is 3.44. The Balaban J connectivity index is 0.000000232. The summed E-state index contributed by atoms with van der Waals surface area (Å²) >= 11 is 3.45. The van der Waals surface area contributed by atoms with Crippen molar-refractivity contribution < 1.29 is 56.5 Å². The van der Waals surface area contributed by atoms with Gasteiger partial charge in [0.25, 0.3) is 11.8 Å². The van der Waals surface area contributed by atoms with Crippen molar-refractivity contribution in [2.45, 2.75) is 127 Å². The van der Waals surface area contributed by atoms with E-state index in [-0.39, 0.29) is 55.2 Å². The predicted molar refractivity (Wildman–Crippen MR) is 301 cm³/mol. The zero-order chi connectivity index (χ0) is 57.2. The number of carbonyl (C=O) groups is 6. The molecule has 0 aromatic heterocycles. The van der Waals surface area contributed by atoms with Crippen LogP contribution in [0, 0.1) is 23.6 Å². The van der Waals surface area contributed by atoms with Gasteiger partial charge in [0.05, 0.1) is 30.5 Å². The third-order valence-electron chi connectivity index (χ3n) is 15.4. The van der Waals surface area contributed by atoms with Crippen LogP contribution in [-0.2, 0) is 15.8 Å². The summed E-state index contributed by atoms with van der Waals surface area (Å²) in [5, 5.41) is 33.9. The van der Waals surface area contributed by atoms with Crippen LogP contribution < -0.4 is 31.9 Å². The Labute approximate surface area is 471 Å². The Morgan fingerprint density at radius 1 is 0.550 bits per heavy atom. The molecule has 6 amide bonds. The Morgan fingerprint density at radius 2 is 1.05 bits per heavy atom. The molecule has 3 saturated carbocycles. The first-order valence-corrected chi connectivity index (χ1v) is 28.3. The molecule has 2 unspecified atom stereocenters. The summed E-state index contributed by atoms with van der Waals surface area (Å²) in [7, 11) is 0. The summed E-state index contributed by atoms with van der Waals surface area (Å²) in [6.45, 7) is 0.0455. The number of amides is 6. The highest BCUT2D eigenvalue weighted by Gasteiger charge is 2.34. The molecule has 0 saturated heterocycles. The molecule has 0 heterocycles. The van der Waals surface area contributed by atoms with Gasteiger partial charge >= 0.3 is 30.2 Å². The van der Waals surface area contributed by atoms with Gasteiger partial charge < -0.3 is 42.1 Å². The Kier molecular flexibility index (Phi) is 22.1. The maximum Gasteiger partial charge on any atom is 0.416 e. The van der Waals surface area contributed by atoms with Crippen LogP contribution in [0.25, 0.3) is 0 Å². The summed E-state index contributed by atoms with van der Waals surface area (Å²) in [5.74, 6) is -1.48. The third kappa shape index (κ3) is 18.4. The van der Waals surface area contributed by atoms with Crippen molar-refractivity contribution in [1.82, 2.24) is 21.3 Å². The number of urea groups is 2. The third-order valence-corrected chi connectivity index (χ3v) is 15.9. The minimum Gasteiger partial charge on any atom is -0.481 e. The molecule has 426 valence electrons. The van der Waals surface area contributed by atoms with Crippen LogP contribution in [0.5, 0.6) is 0 Å². The fourth-order valence-electron chi connectivity index (χ4n) is 11.2. The standard InChI is InChI=1S/C31H31F4N3O4.C30H38BrN3O4/c32-25-16-24(31(33,34)35)17-26(18-25)37-30(42)38-28(21-8-6-20(7-9-21)19-4-2-1-3-5-19)22-10-12-23(13-11-22)29(41)36-15-14-27(39)40;31-25-7-4-8-26(19-25)33-30(38)34-28(22-11-9-21(10-12-22)20-5-2-1-3-6-20)23-13-15-24(16-14-23)29(37)32-18-17-27(35)36/h6-13,16-19,28H,1-5,14-15H2,(H,36,41)(H,39,40)(H2,37,38,42);4,7-8,13-16,19-22,28H,1-3,5-6,9-12,17-18H2,(H,32,37)(H,35,36)(H2,33,34,38). The van der Waals surface area contributed by atoms with Crippen LogP contribution in [0.4, 0.5) is 38.5 Å². The van der Waals surface area contributed by atoms with Gasteiger partial charge in [-0.1, -0.05) is 122 Å². The molecule has 19 heteroatoms. The lowest BCUT2D eigenvalue weighted by Gasteiger charge is -2.38. The lowest BCUT2D eigenvalue weighted by Crippen LogP contribution is -2.38. The number of hydrogen-bond acceptors (Lipinski definition) is 6. The van der Waals surface area contributed by atoms with Crippen molar-refractivity contribution in [3.8, 4) is 0 Å². The quantitative estimate of drug-likeness (QED) is 0.0394. The van der Waals surface area contributed by atoms with Gasteiger partial charge in [0.2, 0.25) is 0 Å². The van der Waals surface area contributed by atoms with E-state index in [2.05, 4.69) is 47.8 Å². The maximum absolute atomic E-state index is 13.9. The van der Waals surface area contributed by atoms with Gasteiger partial charge in [-0.05, 0) is 145 Å². The van der Waals surface area contributed by atoms with Crippen molar-refractivity contribution >= 4 is 63.1 Å². The number of anilines is 2. The van der Waals surface area contributed by atoms with E-state index in [9.17, 15) is 46.3 Å². The molecule has 14 nitrogen and oxygen atoms in total. The molecule has 8 rings (SSSR count). The SMILES string of the molecule is O=C(O)CCNC(=O)c1ccc(C(NC(=O)Nc2cc(F)cc(C(F)(F)F)c2)c2ccc(C3CCCCC3)cc2)cc1.O=C(O)CCNC(=O)c1ccc(C(NC(=O)Nc2cccc(Br)c2)C2CCC(C3CCCCC3)CC2)cc1. The number of nitrogens with one attached hydrogen (secondary N) is 6. The highest BCUT2D eigenvalue weighted by atomic mass is 79.9. The highest BCUT2D eigenvalue weighted by molar-refractivity contribution is 9.10. The zero-order valence-electron chi connectivity index (χ0n) is 44.4. The van der Waals surface area contributed by atoms with Crippen LogP contribution in [-0.4, -0.2) is 59.1 Å². The number of carbonyl (C=O) groups excluding carboxylic acids is 4. The molecule has 2 atom stereocenters. The highest BCUT2D eigenvalue weighted by Crippen LogP contribution is 2.44. The molecule has 0 bridgehead atoms. The number of carboxylic acids is 2. The van der Waals surface area contributed by atoms with Crippen LogP contribution in [0.15, 0.2) is 120 Å². The van der Waals surface area contributed by atoms with E-state index in [1.165, 1.54) is 81.9 Å². The zero-order valence-corrected chi connectivity index (χ0v) is 46.0. The minimum absolute atomic E-state index is 0.0380. The van der Waals surface area contributed by atoms with Crippen LogP contribution in [0.3, 0.4) is 0 Å². The first kappa shape index (κ1) is 60.4. The topological polar surface area (TPSA) is 215 Å². The fourth-order valence-corrected chi connectivity index (χ4v) is 11.6. The van der Waals surface area contributed by atoms with Gasteiger partial charge in [0.15, 0.2) is 0 Å². The second kappa shape index (κ2) is 29.3. The second-order valence-electron chi connectivity index (χ2n) is 21.0. The van der Waals surface area contributed by atoms with Crippen molar-refractivity contribution in [3.63, 3.8) is 0 Å². The molecule has 3 aliphatic carbocycles. The number of rotatable bonds is 18. The maximum atomic E-state index is 13.9. The number of carboxylic acid groups (broad SMARTS) is 2. The molecule has 3 fully saturated rings. The van der Waals surface area contributed by atoms with Crippen LogP contribution in [0.1, 0.15) is 169 Å². The van der Waals surface area contributed by atoms with Gasteiger partial charge in [0, 0.05) is 40.1 Å². The smallest absolute Gasteiger partial charge is 0.416 e. The van der Waals surface area contributed by atoms with E-state index < -0.39 is 47.5 Å². The molecule has 8 N–H and O–H groups in total. The van der Waals surface area contributed by atoms with Gasteiger partial charge in [0.1, 0.15) is 5.82 Å². The fraction of sp³-hybridized carbons (Fsp3) is 0.410. The molecular formula is C61H69BrF4N6O8. The molecule has 0 aliphatic heterocycles. The number of hydrogen-bond donors (Lipinski definition) is 8. The summed E-state index contributed by atoms with van der Waals surface area (Å²) in [4.78, 5) is 72.2. The van der Waals surface area contributed by atoms with Gasteiger partial charge in [-0.15, -0.1) is 0 Å². The number of halogens is 5. The van der Waals surface area contributed by atoms with E-state index in [4.69, 9.17) is 10.2 Å². The average molecular weight is 1170 g/mol. The first-order chi connectivity index (χ1) is 38.4. The van der Waals surface area contributed by atoms with Crippen molar-refractivity contribution in [2.24, 2.45) is 17.8 Å². The lowest BCUT2D eigenvalue weighted by atomic mass is 9.69. The molecule has 0 radical (unpaired) electrons. The second-order valence-corrected chi connectivity index (χ2v) is 21.9. The Bertz CT molecular complexity index is 2890. The summed E-state index contributed by atoms with van der Waals surface area (Å²) in [5.41, 5.74) is 3.30. The Hall–Kier alpha value is -7.28. The monoisotopic (exact) mass is 1170 g/mol. The summed E-state index contributed by atoms with van der Waals surface area (Å²) in [6.07, 6.45) is 12.0. The number of aliphatic carboxylic acids is 2. The van der Waals surface area contributed by atoms with Crippen LogP contribution in [0.2, 0.25) is 0 Å². The lowest BCUT2D eigenvalue weighted by molar-refractivity contribution is -0.138. The largest absolute Gasteiger partial charge is 0.481 e. The van der Waals surface area contributed by atoms with Crippen molar-refractivity contribution in [3.05, 3.63) is 164 Å². The molecule has 3 aliphatic rings.